The van der Waals surface area contributed by atoms with Crippen molar-refractivity contribution >= 4 is 325 Å². The van der Waals surface area contributed by atoms with Gasteiger partial charge in [-0.15, -0.1) is 10.8 Å². The number of hydrogen-bond acceptors (Lipinski definition) is 0. The topological polar surface area (TPSA) is 0 Å². The van der Waals surface area contributed by atoms with E-state index in [1.54, 1.807) is 318 Å². The van der Waals surface area contributed by atoms with Gasteiger partial charge in [-0.3, -0.25) is 0 Å². The molecule has 0 N–H and O–H groups in total. The molecule has 0 aromatic heterocycles. The molecule has 0 heterocycles. The average Bonchev–Trinajstić information content (AvgIpc) is 4.13. The molecule has 29 aromatic rings. The van der Waals surface area contributed by atoms with Crippen LogP contribution in [0, 0.1) is 0 Å². The first kappa shape index (κ1) is 25.2. The number of halogens is 1. The van der Waals surface area contributed by atoms with Crippen LogP contribution in [0.4, 0.5) is 0 Å². The standard InChI is InChI=1S/C62H5.BrH.Mg/c1-2-62-59-55-49-35-27-19-7-4-3-5-8(7)20-22-18-12(5)14-10-6(3)9-13-11(4)17-21(19)33(35)41-39-25(17)23(13)31-29-15(9)16(10)30-32-24(14)26(18)40-42-34(22)36(28(20)27)50(49)56(59)52(42)54-46(40)44(32)48-38(30)37(29)47-43(31)45(39)53(51(41)55)60(62)57(47)58(48)61(54)62;;/h2H2,1H3;1H;/q-1;;+2/p-1. The molecule has 0 saturated carbocycles. The maximum absolute atomic E-state index is 2.62. The molecule has 0 amide bonds. The van der Waals surface area contributed by atoms with Gasteiger partial charge in [-0.2, -0.15) is 0 Å². The molecule has 0 unspecified atom stereocenters. The second-order valence-electron chi connectivity index (χ2n) is 23.4. The monoisotopic (exact) mass is 852 g/mol. The molecule has 0 aliphatic heterocycles. The van der Waals surface area contributed by atoms with Crippen LogP contribution in [0.15, 0.2) is 0 Å². The maximum atomic E-state index is 2.62. The minimum atomic E-state index is -0.134. The summed E-state index contributed by atoms with van der Waals surface area (Å²) in [5, 5.41) is 94.2. The Morgan fingerprint density at radius 2 is 0.344 bits per heavy atom. The van der Waals surface area contributed by atoms with Gasteiger partial charge >= 0.3 is 23.1 Å². The van der Waals surface area contributed by atoms with Gasteiger partial charge in [0.15, 0.2) is 0 Å². The van der Waals surface area contributed by atoms with E-state index < -0.39 is 0 Å². The first-order valence-corrected chi connectivity index (χ1v) is 23.6. The summed E-state index contributed by atoms with van der Waals surface area (Å²) >= 11 is 0. The minimum Gasteiger partial charge on any atom is -1.00 e. The van der Waals surface area contributed by atoms with Gasteiger partial charge in [0.05, 0.1) is 0 Å². The van der Waals surface area contributed by atoms with E-state index in [0.29, 0.717) is 0 Å². The Hall–Kier alpha value is -6.42. The first-order chi connectivity index (χ1) is 30.9. The summed E-state index contributed by atoms with van der Waals surface area (Å²) in [7, 11) is 0. The van der Waals surface area contributed by atoms with Crippen molar-refractivity contribution in [1.82, 2.24) is 0 Å². The summed E-state index contributed by atoms with van der Waals surface area (Å²) in [5.41, 5.74) is 5.17. The van der Waals surface area contributed by atoms with Gasteiger partial charge in [-0.1, -0.05) is 34.0 Å². The van der Waals surface area contributed by atoms with E-state index in [1.165, 1.54) is 0 Å². The van der Waals surface area contributed by atoms with Crippen LogP contribution in [0.1, 0.15) is 30.0 Å². The van der Waals surface area contributed by atoms with Crippen LogP contribution < -0.4 is 17.0 Å². The van der Waals surface area contributed by atoms with Crippen molar-refractivity contribution in [3.63, 3.8) is 0 Å². The summed E-state index contributed by atoms with van der Waals surface area (Å²) < 4.78 is 0. The van der Waals surface area contributed by atoms with Crippen LogP contribution in [0.2, 0.25) is 0 Å². The fraction of sp³-hybridized carbons (Fsp3) is 0.0484. The van der Waals surface area contributed by atoms with Gasteiger partial charge in [0, 0.05) is 5.41 Å². The molecule has 3 aliphatic rings. The van der Waals surface area contributed by atoms with E-state index in [0.717, 1.165) is 6.42 Å². The van der Waals surface area contributed by atoms with Crippen LogP contribution in [0.25, 0.3) is 302 Å². The molecule has 2 heteroatoms. The third-order valence-corrected chi connectivity index (χ3v) is 23.6. The van der Waals surface area contributed by atoms with Crippen LogP contribution >= 0.6 is 0 Å². The molecule has 0 radical (unpaired) electrons. The molecule has 0 fully saturated rings. The van der Waals surface area contributed by atoms with Crippen molar-refractivity contribution in [2.24, 2.45) is 0 Å². The Labute approximate surface area is 374 Å². The predicted octanol–water partition coefficient (Wildman–Crippen LogP) is 14.4. The first-order valence-electron chi connectivity index (χ1n) is 23.6. The van der Waals surface area contributed by atoms with Gasteiger partial charge in [-0.05, 0) is 287 Å². The minimum absolute atomic E-state index is 0. The second kappa shape index (κ2) is 5.54. The molecule has 0 atom stereocenters. The number of rotatable bonds is 1. The predicted molar refractivity (Wildman–Crippen MR) is 273 cm³/mol. The number of hydrogen-bond donors (Lipinski definition) is 0. The van der Waals surface area contributed by atoms with Crippen molar-refractivity contribution in [3.05, 3.63) is 16.7 Å². The van der Waals surface area contributed by atoms with Gasteiger partial charge in [0.1, 0.15) is 0 Å². The maximum Gasteiger partial charge on any atom is 2.00 e. The Bertz CT molecular complexity index is 6440. The third kappa shape index (κ3) is 1.26. The van der Waals surface area contributed by atoms with E-state index in [9.17, 15) is 0 Å². The smallest absolute Gasteiger partial charge is 1.00 e. The Morgan fingerprint density at radius 1 is 0.219 bits per heavy atom. The molecule has 0 saturated heterocycles. The molecule has 64 heavy (non-hydrogen) atoms. The van der Waals surface area contributed by atoms with Gasteiger partial charge in [-0.25, -0.2) is 0 Å². The molecular formula is C62H5BrMg. The molecule has 0 bridgehead atoms. The van der Waals surface area contributed by atoms with Gasteiger partial charge in [0.25, 0.3) is 0 Å². The summed E-state index contributed by atoms with van der Waals surface area (Å²) in [6.07, 6.45) is 1.14. The van der Waals surface area contributed by atoms with Crippen molar-refractivity contribution in [1.29, 1.82) is 0 Å². The average molecular weight is 854 g/mol. The van der Waals surface area contributed by atoms with Crippen molar-refractivity contribution < 1.29 is 17.0 Å². The summed E-state index contributed by atoms with van der Waals surface area (Å²) in [4.78, 5) is 0. The quantitative estimate of drug-likeness (QED) is 0.0877. The Kier molecular flexibility index (Phi) is 2.18. The van der Waals surface area contributed by atoms with E-state index in [4.69, 9.17) is 0 Å². The zero-order valence-corrected chi connectivity index (χ0v) is 35.8. The molecule has 3 aliphatic carbocycles. The van der Waals surface area contributed by atoms with Crippen LogP contribution in [0.3, 0.4) is 0 Å². The van der Waals surface area contributed by atoms with Crippen LogP contribution in [-0.2, 0) is 5.41 Å². The van der Waals surface area contributed by atoms with E-state index in [2.05, 4.69) is 6.92 Å². The van der Waals surface area contributed by atoms with Crippen LogP contribution in [-0.4, -0.2) is 23.1 Å². The van der Waals surface area contributed by atoms with Crippen molar-refractivity contribution in [2.75, 3.05) is 0 Å². The fourth-order valence-electron chi connectivity index (χ4n) is 23.6. The van der Waals surface area contributed by atoms with Crippen molar-refractivity contribution in [3.8, 4) is 0 Å². The van der Waals surface area contributed by atoms with Crippen LogP contribution in [0.5, 0.6) is 0 Å². The molecule has 29 aromatic carbocycles. The molecular weight excluding hydrogens is 849 g/mol. The fourth-order valence-corrected chi connectivity index (χ4v) is 23.6. The van der Waals surface area contributed by atoms with E-state index in [-0.39, 0.29) is 45.4 Å². The zero-order chi connectivity index (χ0) is 36.3. The van der Waals surface area contributed by atoms with Gasteiger partial charge in [0.2, 0.25) is 0 Å². The summed E-state index contributed by atoms with van der Waals surface area (Å²) in [6, 6.07) is 0. The second-order valence-corrected chi connectivity index (χ2v) is 23.4. The number of benzene rings is 18. The molecule has 0 nitrogen and oxygen atoms in total. The Balaban J connectivity index is 0.00000141. The summed E-state index contributed by atoms with van der Waals surface area (Å²) in [6.45, 7) is 2.62. The van der Waals surface area contributed by atoms with E-state index in [1.807, 2.05) is 0 Å². The van der Waals surface area contributed by atoms with E-state index >= 15 is 0 Å². The molecule has 262 valence electrons. The largest absolute Gasteiger partial charge is 2.00 e. The molecule has 32 rings (SSSR count). The van der Waals surface area contributed by atoms with Crippen molar-refractivity contribution in [2.45, 2.75) is 18.8 Å². The summed E-state index contributed by atoms with van der Waals surface area (Å²) in [5.74, 6) is 0. The van der Waals surface area contributed by atoms with Gasteiger partial charge < -0.3 is 17.0 Å². The zero-order valence-electron chi connectivity index (χ0n) is 32.8. The third-order valence-electron chi connectivity index (χ3n) is 23.6. The molecule has 0 spiro atoms. The normalized spacial score (nSPS) is 18.3. The SMILES string of the molecule is CCC12c3c4c5c1c1c6c7c5c5c8c4c4c9c3c3c%10c9c9c%11c4c8c4c8c5c7c5c7c6c6c%12c%13c7c7c5c8c5c4c%11c4c9c8c9c%11c4c5c7c%11c%13c4c9c(c8%10)c5c(c4%12)c(c16)[c-]2c35.[Br-].[Mg+2]. The Morgan fingerprint density at radius 3 is 0.516 bits per heavy atom.